The number of halogens is 2. The van der Waals surface area contributed by atoms with Crippen molar-refractivity contribution in [2.75, 3.05) is 25.1 Å². The first-order valence-corrected chi connectivity index (χ1v) is 16.2. The van der Waals surface area contributed by atoms with Gasteiger partial charge in [0.15, 0.2) is 11.5 Å². The van der Waals surface area contributed by atoms with Crippen molar-refractivity contribution >= 4 is 50.7 Å². The van der Waals surface area contributed by atoms with Gasteiger partial charge in [-0.1, -0.05) is 53.9 Å². The highest BCUT2D eigenvalue weighted by Crippen LogP contribution is 2.33. The van der Waals surface area contributed by atoms with Crippen LogP contribution in [0.3, 0.4) is 0 Å². The third-order valence-corrected chi connectivity index (χ3v) is 9.30. The molecule has 0 aromatic heterocycles. The van der Waals surface area contributed by atoms with E-state index in [-0.39, 0.29) is 35.2 Å². The number of hydrogen-bond donors (Lipinski definition) is 1. The Balaban J connectivity index is 2.15. The van der Waals surface area contributed by atoms with Crippen molar-refractivity contribution in [3.63, 3.8) is 0 Å². The van der Waals surface area contributed by atoms with Crippen LogP contribution in [-0.4, -0.2) is 57.5 Å². The van der Waals surface area contributed by atoms with Crippen LogP contribution in [0.2, 0.25) is 10.0 Å². The average Bonchev–Trinajstić information content (AvgIpc) is 2.96. The lowest BCUT2D eigenvalue weighted by atomic mass is 10.1. The number of hydrogen-bond acceptors (Lipinski definition) is 6. The second-order valence-corrected chi connectivity index (χ2v) is 13.9. The van der Waals surface area contributed by atoms with Gasteiger partial charge in [0.2, 0.25) is 11.8 Å². The second kappa shape index (κ2) is 14.5. The first-order valence-electron chi connectivity index (χ1n) is 14.0. The van der Waals surface area contributed by atoms with Gasteiger partial charge in [-0.2, -0.15) is 0 Å². The Hall–Kier alpha value is -3.47. The zero-order valence-corrected chi connectivity index (χ0v) is 28.3. The van der Waals surface area contributed by atoms with Crippen LogP contribution >= 0.6 is 23.2 Å². The van der Waals surface area contributed by atoms with Crippen molar-refractivity contribution in [1.29, 1.82) is 0 Å². The Morgan fingerprint density at radius 2 is 1.52 bits per heavy atom. The summed E-state index contributed by atoms with van der Waals surface area (Å²) in [6, 6.07) is 15.0. The summed E-state index contributed by atoms with van der Waals surface area (Å²) in [7, 11) is -1.48. The summed E-state index contributed by atoms with van der Waals surface area (Å²) in [4.78, 5) is 29.0. The number of aryl methyl sites for hydroxylation is 1. The van der Waals surface area contributed by atoms with Gasteiger partial charge in [-0.05, 0) is 70.5 Å². The molecule has 1 N–H and O–H groups in total. The molecule has 2 amide bonds. The van der Waals surface area contributed by atoms with E-state index in [9.17, 15) is 18.0 Å². The molecule has 0 aliphatic rings. The summed E-state index contributed by atoms with van der Waals surface area (Å²) < 4.78 is 40.1. The van der Waals surface area contributed by atoms with Crippen LogP contribution in [0.4, 0.5) is 5.69 Å². The summed E-state index contributed by atoms with van der Waals surface area (Å²) in [5.41, 5.74) is 1.03. The molecule has 0 radical (unpaired) electrons. The number of sulfonamides is 1. The second-order valence-electron chi connectivity index (χ2n) is 11.2. The number of benzene rings is 3. The van der Waals surface area contributed by atoms with Crippen molar-refractivity contribution in [2.45, 2.75) is 64.1 Å². The van der Waals surface area contributed by atoms with Gasteiger partial charge < -0.3 is 19.7 Å². The molecule has 1 atom stereocenters. The summed E-state index contributed by atoms with van der Waals surface area (Å²) in [6.07, 6.45) is 0.253. The smallest absolute Gasteiger partial charge is 0.264 e. The molecule has 12 heteroatoms. The Labute approximate surface area is 270 Å². The van der Waals surface area contributed by atoms with E-state index in [0.29, 0.717) is 21.4 Å². The number of nitrogens with zero attached hydrogens (tertiary/aromatic N) is 2. The molecule has 0 fully saturated rings. The number of anilines is 1. The third-order valence-electron chi connectivity index (χ3n) is 6.82. The molecule has 0 aliphatic heterocycles. The summed E-state index contributed by atoms with van der Waals surface area (Å²) in [5.74, 6) is -0.450. The number of amides is 2. The number of rotatable bonds is 12. The van der Waals surface area contributed by atoms with Crippen molar-refractivity contribution in [1.82, 2.24) is 10.2 Å². The quantitative estimate of drug-likeness (QED) is 0.246. The maximum atomic E-state index is 14.3. The number of methoxy groups -OCH3 is 2. The van der Waals surface area contributed by atoms with Crippen molar-refractivity contribution in [2.24, 2.45) is 0 Å². The van der Waals surface area contributed by atoms with Gasteiger partial charge in [-0.3, -0.25) is 13.9 Å². The Morgan fingerprint density at radius 3 is 2.05 bits per heavy atom. The number of carbonyl (C=O) groups excluding carboxylic acids is 2. The monoisotopic (exact) mass is 663 g/mol. The van der Waals surface area contributed by atoms with Crippen molar-refractivity contribution in [3.8, 4) is 11.5 Å². The normalized spacial score (nSPS) is 12.3. The van der Waals surface area contributed by atoms with Crippen LogP contribution in [0, 0.1) is 6.92 Å². The molecule has 0 saturated carbocycles. The molecule has 238 valence electrons. The molecule has 9 nitrogen and oxygen atoms in total. The summed E-state index contributed by atoms with van der Waals surface area (Å²) in [5, 5.41) is 3.56. The number of carbonyl (C=O) groups is 2. The van der Waals surface area contributed by atoms with E-state index in [0.717, 1.165) is 9.87 Å². The molecule has 0 saturated heterocycles. The highest BCUT2D eigenvalue weighted by Gasteiger charge is 2.35. The molecule has 3 aromatic carbocycles. The van der Waals surface area contributed by atoms with Crippen molar-refractivity contribution < 1.29 is 27.5 Å². The molecular formula is C32H39Cl2N3O6S. The van der Waals surface area contributed by atoms with Crippen LogP contribution in [0.25, 0.3) is 0 Å². The lowest BCUT2D eigenvalue weighted by Crippen LogP contribution is -2.55. The molecular weight excluding hydrogens is 625 g/mol. The van der Waals surface area contributed by atoms with Gasteiger partial charge in [0, 0.05) is 33.8 Å². The zero-order valence-electron chi connectivity index (χ0n) is 26.0. The minimum Gasteiger partial charge on any atom is -0.493 e. The largest absolute Gasteiger partial charge is 0.493 e. The highest BCUT2D eigenvalue weighted by molar-refractivity contribution is 7.92. The maximum Gasteiger partial charge on any atom is 0.264 e. The molecule has 3 rings (SSSR count). The van der Waals surface area contributed by atoms with Crippen molar-refractivity contribution in [3.05, 3.63) is 81.8 Å². The van der Waals surface area contributed by atoms with E-state index in [1.165, 1.54) is 37.3 Å². The fourth-order valence-electron chi connectivity index (χ4n) is 4.57. The van der Waals surface area contributed by atoms with E-state index in [2.05, 4.69) is 5.32 Å². The SMILES string of the molecule is CC[C@H](C(=O)NC(C)(C)C)N(Cc1c(Cl)cccc1Cl)C(=O)CN(c1ccc(C)cc1)S(=O)(=O)c1ccc(OC)c(OC)c1. The minimum absolute atomic E-state index is 0.109. The maximum absolute atomic E-state index is 14.3. The topological polar surface area (TPSA) is 105 Å². The van der Waals surface area contributed by atoms with Crippen LogP contribution in [0.5, 0.6) is 11.5 Å². The van der Waals surface area contributed by atoms with E-state index in [1.54, 1.807) is 49.4 Å². The first kappa shape index (κ1) is 35.0. The van der Waals surface area contributed by atoms with Crippen LogP contribution in [0.15, 0.2) is 65.6 Å². The van der Waals surface area contributed by atoms with Gasteiger partial charge >= 0.3 is 0 Å². The third kappa shape index (κ3) is 8.37. The molecule has 3 aromatic rings. The number of ether oxygens (including phenoxy) is 2. The van der Waals surface area contributed by atoms with Gasteiger partial charge in [0.25, 0.3) is 10.0 Å². The molecule has 0 aliphatic carbocycles. The standard InChI is InChI=1S/C32H39Cl2N3O6S/c1-8-27(31(39)35-32(3,4)5)36(19-24-25(33)10-9-11-26(24)34)30(38)20-37(22-14-12-21(2)13-15-22)44(40,41)23-16-17-28(42-6)29(18-23)43-7/h9-18,27H,8,19-20H2,1-7H3,(H,35,39)/t27-/m1/s1. The summed E-state index contributed by atoms with van der Waals surface area (Å²) >= 11 is 13.0. The van der Waals surface area contributed by atoms with E-state index in [4.69, 9.17) is 32.7 Å². The summed E-state index contributed by atoms with van der Waals surface area (Å²) in [6.45, 7) is 8.43. The first-order chi connectivity index (χ1) is 20.6. The van der Waals surface area contributed by atoms with Gasteiger partial charge in [0.1, 0.15) is 12.6 Å². The van der Waals surface area contributed by atoms with Crippen LogP contribution < -0.4 is 19.1 Å². The molecule has 0 unspecified atom stereocenters. The molecule has 0 heterocycles. The molecule has 0 spiro atoms. The molecule has 44 heavy (non-hydrogen) atoms. The Bertz CT molecular complexity index is 1570. The Morgan fingerprint density at radius 1 is 0.932 bits per heavy atom. The van der Waals surface area contributed by atoms with Crippen LogP contribution in [0.1, 0.15) is 45.2 Å². The Kier molecular flexibility index (Phi) is 11.6. The van der Waals surface area contributed by atoms with E-state index >= 15 is 0 Å². The van der Waals surface area contributed by atoms with Gasteiger partial charge in [0.05, 0.1) is 24.8 Å². The van der Waals surface area contributed by atoms with E-state index in [1.807, 2.05) is 27.7 Å². The average molecular weight is 665 g/mol. The minimum atomic E-state index is -4.33. The highest BCUT2D eigenvalue weighted by atomic mass is 35.5. The van der Waals surface area contributed by atoms with Crippen LogP contribution in [-0.2, 0) is 26.2 Å². The predicted molar refractivity (Wildman–Crippen MR) is 174 cm³/mol. The number of nitrogens with one attached hydrogen (secondary N) is 1. The lowest BCUT2D eigenvalue weighted by molar-refractivity contribution is -0.141. The predicted octanol–water partition coefficient (Wildman–Crippen LogP) is 6.24. The lowest BCUT2D eigenvalue weighted by Gasteiger charge is -2.35. The zero-order chi connectivity index (χ0) is 32.8. The molecule has 0 bridgehead atoms. The van der Waals surface area contributed by atoms with Gasteiger partial charge in [-0.25, -0.2) is 8.42 Å². The van der Waals surface area contributed by atoms with E-state index < -0.39 is 34.1 Å². The fourth-order valence-corrected chi connectivity index (χ4v) is 6.52. The fraction of sp³-hybridized carbons (Fsp3) is 0.375. The van der Waals surface area contributed by atoms with Gasteiger partial charge in [-0.15, -0.1) is 0 Å².